The number of carboxylic acid groups (broad SMARTS) is 1. The minimum Gasteiger partial charge on any atom is -0.497 e. The fraction of sp³-hybridized carbons (Fsp3) is 0.375. The maximum absolute atomic E-state index is 11.4. The lowest BCUT2D eigenvalue weighted by Gasteiger charge is -2.31. The van der Waals surface area contributed by atoms with Crippen molar-refractivity contribution in [1.29, 1.82) is 0 Å². The van der Waals surface area contributed by atoms with Crippen LogP contribution in [-0.4, -0.2) is 54.3 Å². The van der Waals surface area contributed by atoms with Crippen LogP contribution in [-0.2, 0) is 0 Å². The summed E-state index contributed by atoms with van der Waals surface area (Å²) in [5.74, 6) is 0.897. The average Bonchev–Trinajstić information content (AvgIpc) is 3.18. The molecule has 2 N–H and O–H groups in total. The second-order valence-corrected chi connectivity index (χ2v) is 7.92. The molecule has 2 aromatic carbocycles. The van der Waals surface area contributed by atoms with E-state index in [-0.39, 0.29) is 5.56 Å². The summed E-state index contributed by atoms with van der Waals surface area (Å²) in [7, 11) is 1.70. The van der Waals surface area contributed by atoms with Gasteiger partial charge in [-0.2, -0.15) is 0 Å². The van der Waals surface area contributed by atoms with E-state index in [4.69, 9.17) is 9.47 Å². The van der Waals surface area contributed by atoms with E-state index in [2.05, 4.69) is 28.2 Å². The number of carboxylic acids is 1. The van der Waals surface area contributed by atoms with Gasteiger partial charge in [0.1, 0.15) is 23.7 Å². The Labute approximate surface area is 176 Å². The van der Waals surface area contributed by atoms with Crippen LogP contribution in [0.5, 0.6) is 11.5 Å². The van der Waals surface area contributed by atoms with Crippen LogP contribution in [0.1, 0.15) is 40.2 Å². The number of H-pyrrole nitrogens is 1. The summed E-state index contributed by atoms with van der Waals surface area (Å²) < 4.78 is 11.2. The van der Waals surface area contributed by atoms with Gasteiger partial charge in [-0.3, -0.25) is 4.90 Å². The largest absolute Gasteiger partial charge is 0.497 e. The zero-order valence-electron chi connectivity index (χ0n) is 17.5. The van der Waals surface area contributed by atoms with Crippen molar-refractivity contribution in [2.75, 3.05) is 33.4 Å². The summed E-state index contributed by atoms with van der Waals surface area (Å²) in [4.78, 5) is 17.2. The lowest BCUT2D eigenvalue weighted by Crippen LogP contribution is -2.35. The number of benzene rings is 2. The number of likely N-dealkylation sites (tertiary alicyclic amines) is 1. The minimum atomic E-state index is -0.954. The minimum absolute atomic E-state index is 0.225. The molecule has 4 rings (SSSR count). The molecule has 1 aliphatic rings. The van der Waals surface area contributed by atoms with Gasteiger partial charge in [-0.05, 0) is 74.7 Å². The summed E-state index contributed by atoms with van der Waals surface area (Å²) >= 11 is 0. The Morgan fingerprint density at radius 2 is 2.00 bits per heavy atom. The molecule has 1 aromatic heterocycles. The summed E-state index contributed by atoms with van der Waals surface area (Å²) in [5, 5.41) is 10.6. The quantitative estimate of drug-likeness (QED) is 0.604. The molecule has 1 fully saturated rings. The second-order valence-electron chi connectivity index (χ2n) is 7.92. The number of hydrogen-bond acceptors (Lipinski definition) is 4. The monoisotopic (exact) mass is 408 g/mol. The molecule has 0 aliphatic carbocycles. The Bertz CT molecular complexity index is 1030. The van der Waals surface area contributed by atoms with Crippen molar-refractivity contribution >= 4 is 16.9 Å². The van der Waals surface area contributed by atoms with Crippen molar-refractivity contribution in [2.45, 2.75) is 25.7 Å². The van der Waals surface area contributed by atoms with Gasteiger partial charge in [-0.15, -0.1) is 0 Å². The van der Waals surface area contributed by atoms with Crippen LogP contribution in [0.15, 0.2) is 42.6 Å². The number of aryl methyl sites for hydroxylation is 1. The highest BCUT2D eigenvalue weighted by Crippen LogP contribution is 2.34. The first kappa shape index (κ1) is 20.3. The van der Waals surface area contributed by atoms with Gasteiger partial charge in [0.05, 0.1) is 7.11 Å². The van der Waals surface area contributed by atoms with Crippen LogP contribution in [0.25, 0.3) is 10.9 Å². The van der Waals surface area contributed by atoms with Crippen LogP contribution in [0.2, 0.25) is 0 Å². The summed E-state index contributed by atoms with van der Waals surface area (Å²) in [5.41, 5.74) is 3.65. The highest BCUT2D eigenvalue weighted by atomic mass is 16.5. The molecule has 2 heterocycles. The molecule has 6 heteroatoms. The van der Waals surface area contributed by atoms with Crippen molar-refractivity contribution < 1.29 is 19.4 Å². The second kappa shape index (κ2) is 8.79. The number of fused-ring (bicyclic) bond motifs is 1. The van der Waals surface area contributed by atoms with Gasteiger partial charge in [-0.25, -0.2) is 4.79 Å². The highest BCUT2D eigenvalue weighted by Gasteiger charge is 2.23. The molecule has 1 saturated heterocycles. The third kappa shape index (κ3) is 4.28. The lowest BCUT2D eigenvalue weighted by atomic mass is 9.89. The number of aromatic amines is 1. The number of aromatic nitrogens is 1. The topological polar surface area (TPSA) is 74.8 Å². The molecule has 6 nitrogen and oxygen atoms in total. The molecule has 3 aromatic rings. The van der Waals surface area contributed by atoms with Crippen molar-refractivity contribution in [1.82, 2.24) is 9.88 Å². The first-order valence-electron chi connectivity index (χ1n) is 10.4. The van der Waals surface area contributed by atoms with E-state index in [9.17, 15) is 9.90 Å². The van der Waals surface area contributed by atoms with Crippen LogP contribution in [0, 0.1) is 6.92 Å². The third-order valence-electron chi connectivity index (χ3n) is 5.98. The van der Waals surface area contributed by atoms with E-state index >= 15 is 0 Å². The summed E-state index contributed by atoms with van der Waals surface area (Å²) in [6.45, 7) is 5.17. The molecule has 158 valence electrons. The molecule has 1 aliphatic heterocycles. The summed E-state index contributed by atoms with van der Waals surface area (Å²) in [6.07, 6.45) is 4.32. The predicted octanol–water partition coefficient (Wildman–Crippen LogP) is 4.44. The van der Waals surface area contributed by atoms with Crippen LogP contribution in [0.3, 0.4) is 0 Å². The molecule has 0 bridgehead atoms. The zero-order valence-corrected chi connectivity index (χ0v) is 17.5. The maximum Gasteiger partial charge on any atom is 0.339 e. The molecular formula is C24H28N2O4. The number of aromatic carboxylic acids is 1. The predicted molar refractivity (Wildman–Crippen MR) is 117 cm³/mol. The third-order valence-corrected chi connectivity index (χ3v) is 5.98. The lowest BCUT2D eigenvalue weighted by molar-refractivity contribution is 0.0691. The van der Waals surface area contributed by atoms with Gasteiger partial charge >= 0.3 is 5.97 Å². The van der Waals surface area contributed by atoms with Gasteiger partial charge in [0.2, 0.25) is 0 Å². The molecule has 0 amide bonds. The van der Waals surface area contributed by atoms with Crippen molar-refractivity contribution in [3.05, 3.63) is 59.3 Å². The number of piperidine rings is 1. The molecule has 30 heavy (non-hydrogen) atoms. The van der Waals surface area contributed by atoms with Crippen LogP contribution >= 0.6 is 0 Å². The number of ether oxygens (including phenoxy) is 2. The molecule has 0 saturated carbocycles. The van der Waals surface area contributed by atoms with Gasteiger partial charge < -0.3 is 19.6 Å². The Balaban J connectivity index is 1.32. The first-order valence-corrected chi connectivity index (χ1v) is 10.4. The standard InChI is InChI=1S/C24H28N2O4/c1-16-3-6-23(20(13-16)24(27)28)30-12-11-26-9-7-17(8-10-26)21-15-25-22-5-4-18(29-2)14-19(21)22/h3-6,13-15,17,25H,7-12H2,1-2H3,(H,27,28). The smallest absolute Gasteiger partial charge is 0.339 e. The first-order chi connectivity index (χ1) is 14.5. The van der Waals surface area contributed by atoms with E-state index in [1.165, 1.54) is 10.9 Å². The number of methoxy groups -OCH3 is 1. The molecule has 0 unspecified atom stereocenters. The van der Waals surface area contributed by atoms with Gasteiger partial charge in [0.25, 0.3) is 0 Å². The maximum atomic E-state index is 11.4. The molecule has 0 radical (unpaired) electrons. The normalized spacial score (nSPS) is 15.4. The fourth-order valence-electron chi connectivity index (χ4n) is 4.28. The number of rotatable bonds is 7. The Morgan fingerprint density at radius 3 is 2.73 bits per heavy atom. The number of hydrogen-bond donors (Lipinski definition) is 2. The van der Waals surface area contributed by atoms with Gasteiger partial charge in [0, 0.05) is 23.6 Å². The molecule has 0 atom stereocenters. The van der Waals surface area contributed by atoms with Crippen molar-refractivity contribution in [3.63, 3.8) is 0 Å². The number of nitrogens with one attached hydrogen (secondary N) is 1. The van der Waals surface area contributed by atoms with Gasteiger partial charge in [0.15, 0.2) is 0 Å². The van der Waals surface area contributed by atoms with E-state index in [1.54, 1.807) is 19.2 Å². The molecular weight excluding hydrogens is 380 g/mol. The van der Waals surface area contributed by atoms with Gasteiger partial charge in [-0.1, -0.05) is 11.6 Å². The van der Waals surface area contributed by atoms with E-state index in [0.29, 0.717) is 18.3 Å². The van der Waals surface area contributed by atoms with Crippen LogP contribution in [0.4, 0.5) is 0 Å². The summed E-state index contributed by atoms with van der Waals surface area (Å²) in [6, 6.07) is 11.4. The van der Waals surface area contributed by atoms with Crippen molar-refractivity contribution in [2.24, 2.45) is 0 Å². The van der Waals surface area contributed by atoms with E-state index in [0.717, 1.165) is 49.3 Å². The SMILES string of the molecule is COc1ccc2[nH]cc(C3CCN(CCOc4ccc(C)cc4C(=O)O)CC3)c2c1. The molecule has 0 spiro atoms. The fourth-order valence-corrected chi connectivity index (χ4v) is 4.28. The van der Waals surface area contributed by atoms with Crippen molar-refractivity contribution in [3.8, 4) is 11.5 Å². The average molecular weight is 408 g/mol. The van der Waals surface area contributed by atoms with E-state index in [1.807, 2.05) is 19.1 Å². The van der Waals surface area contributed by atoms with Crippen LogP contribution < -0.4 is 9.47 Å². The number of carbonyl (C=O) groups is 1. The number of nitrogens with zero attached hydrogens (tertiary/aromatic N) is 1. The Morgan fingerprint density at radius 1 is 1.20 bits per heavy atom. The Kier molecular flexibility index (Phi) is 5.95. The Hall–Kier alpha value is -2.99. The zero-order chi connectivity index (χ0) is 21.1. The highest BCUT2D eigenvalue weighted by molar-refractivity contribution is 5.91. The van der Waals surface area contributed by atoms with E-state index < -0.39 is 5.97 Å².